The molecule has 4 nitrogen and oxygen atoms in total. The number of hydrogen-bond donors (Lipinski definition) is 2. The van der Waals surface area contributed by atoms with Crippen LogP contribution in [-0.2, 0) is 11.4 Å². The van der Waals surface area contributed by atoms with Crippen molar-refractivity contribution >= 4 is 11.6 Å². The molecule has 21 heavy (non-hydrogen) atoms. The van der Waals surface area contributed by atoms with Gasteiger partial charge >= 0.3 is 0 Å². The quantitative estimate of drug-likeness (QED) is 0.889. The molecular formula is C16H16FNO3. The Labute approximate surface area is 122 Å². The third-order valence-corrected chi connectivity index (χ3v) is 2.97. The summed E-state index contributed by atoms with van der Waals surface area (Å²) in [6, 6.07) is 11.2. The number of halogens is 1. The summed E-state index contributed by atoms with van der Waals surface area (Å²) in [4.78, 5) is 11.8. The predicted octanol–water partition coefficient (Wildman–Crippen LogP) is 2.64. The average molecular weight is 289 g/mol. The molecule has 0 unspecified atom stereocenters. The van der Waals surface area contributed by atoms with Crippen LogP contribution in [0.4, 0.5) is 10.1 Å². The molecule has 110 valence electrons. The Kier molecular flexibility index (Phi) is 4.90. The zero-order valence-corrected chi connectivity index (χ0v) is 11.6. The summed E-state index contributed by atoms with van der Waals surface area (Å²) in [6.45, 7) is 1.32. The molecule has 0 bridgehead atoms. The Morgan fingerprint density at radius 1 is 1.29 bits per heavy atom. The molecule has 0 fully saturated rings. The third-order valence-electron chi connectivity index (χ3n) is 2.97. The van der Waals surface area contributed by atoms with E-state index in [1.807, 2.05) is 25.1 Å². The van der Waals surface area contributed by atoms with E-state index in [2.05, 4.69) is 5.32 Å². The zero-order chi connectivity index (χ0) is 15.2. The molecule has 0 saturated carbocycles. The van der Waals surface area contributed by atoms with Crippen LogP contribution >= 0.6 is 0 Å². The Morgan fingerprint density at radius 3 is 2.76 bits per heavy atom. The highest BCUT2D eigenvalue weighted by Crippen LogP contribution is 2.20. The number of carbonyl (C=O) groups is 1. The van der Waals surface area contributed by atoms with Gasteiger partial charge in [-0.3, -0.25) is 4.79 Å². The number of para-hydroxylation sites is 1. The molecular weight excluding hydrogens is 273 g/mol. The summed E-state index contributed by atoms with van der Waals surface area (Å²) >= 11 is 0. The van der Waals surface area contributed by atoms with Crippen LogP contribution in [0, 0.1) is 12.7 Å². The molecule has 0 atom stereocenters. The molecule has 0 aliphatic rings. The number of aliphatic hydroxyl groups is 1. The first-order chi connectivity index (χ1) is 10.1. The van der Waals surface area contributed by atoms with Gasteiger partial charge in [0, 0.05) is 11.3 Å². The number of ether oxygens (including phenoxy) is 1. The van der Waals surface area contributed by atoms with Gasteiger partial charge in [-0.1, -0.05) is 18.2 Å². The van der Waals surface area contributed by atoms with Crippen LogP contribution in [0.5, 0.6) is 5.75 Å². The van der Waals surface area contributed by atoms with Gasteiger partial charge < -0.3 is 15.2 Å². The van der Waals surface area contributed by atoms with Crippen LogP contribution in [0.25, 0.3) is 0 Å². The second-order valence-corrected chi connectivity index (χ2v) is 4.56. The second-order valence-electron chi connectivity index (χ2n) is 4.56. The monoisotopic (exact) mass is 289 g/mol. The molecule has 2 rings (SSSR count). The summed E-state index contributed by atoms with van der Waals surface area (Å²) in [5.74, 6) is -0.493. The molecule has 0 saturated heterocycles. The van der Waals surface area contributed by atoms with E-state index in [1.165, 1.54) is 18.2 Å². The lowest BCUT2D eigenvalue weighted by molar-refractivity contribution is -0.118. The summed E-state index contributed by atoms with van der Waals surface area (Å²) in [5, 5.41) is 11.9. The minimum absolute atomic E-state index is 0.215. The van der Waals surface area contributed by atoms with Crippen LogP contribution in [0.3, 0.4) is 0 Å². The van der Waals surface area contributed by atoms with E-state index >= 15 is 0 Å². The normalized spacial score (nSPS) is 10.2. The molecule has 0 aliphatic carbocycles. The first-order valence-corrected chi connectivity index (χ1v) is 6.47. The standard InChI is InChI=1S/C16H16FNO3/c1-11-4-2-3-5-14(11)18-16(20)10-21-15-7-6-13(17)8-12(15)9-19/h2-8,19H,9-10H2,1H3,(H,18,20). The van der Waals surface area contributed by atoms with Gasteiger partial charge in [0.1, 0.15) is 11.6 Å². The van der Waals surface area contributed by atoms with Crippen LogP contribution in [0.15, 0.2) is 42.5 Å². The Bertz CT molecular complexity index is 643. The number of aliphatic hydroxyl groups excluding tert-OH is 1. The minimum Gasteiger partial charge on any atom is -0.483 e. The van der Waals surface area contributed by atoms with Gasteiger partial charge in [0.25, 0.3) is 5.91 Å². The van der Waals surface area contributed by atoms with E-state index in [4.69, 9.17) is 9.84 Å². The van der Waals surface area contributed by atoms with Gasteiger partial charge in [-0.05, 0) is 36.8 Å². The van der Waals surface area contributed by atoms with E-state index in [1.54, 1.807) is 6.07 Å². The topological polar surface area (TPSA) is 58.6 Å². The van der Waals surface area contributed by atoms with Crippen LogP contribution in [0.2, 0.25) is 0 Å². The average Bonchev–Trinajstić information content (AvgIpc) is 2.48. The van der Waals surface area contributed by atoms with Crippen molar-refractivity contribution in [2.45, 2.75) is 13.5 Å². The van der Waals surface area contributed by atoms with Crippen molar-refractivity contribution in [2.24, 2.45) is 0 Å². The lowest BCUT2D eigenvalue weighted by Crippen LogP contribution is -2.21. The van der Waals surface area contributed by atoms with Crippen LogP contribution in [0.1, 0.15) is 11.1 Å². The number of amides is 1. The fourth-order valence-corrected chi connectivity index (χ4v) is 1.86. The number of hydrogen-bond acceptors (Lipinski definition) is 3. The number of benzene rings is 2. The van der Waals surface area contributed by atoms with E-state index in [0.29, 0.717) is 17.0 Å². The van der Waals surface area contributed by atoms with Crippen molar-refractivity contribution in [2.75, 3.05) is 11.9 Å². The molecule has 2 aromatic carbocycles. The fourth-order valence-electron chi connectivity index (χ4n) is 1.86. The maximum atomic E-state index is 13.0. The lowest BCUT2D eigenvalue weighted by atomic mass is 10.2. The van der Waals surface area contributed by atoms with Crippen molar-refractivity contribution in [1.29, 1.82) is 0 Å². The maximum absolute atomic E-state index is 13.0. The number of nitrogens with one attached hydrogen (secondary N) is 1. The van der Waals surface area contributed by atoms with Crippen LogP contribution < -0.4 is 10.1 Å². The predicted molar refractivity (Wildman–Crippen MR) is 77.6 cm³/mol. The molecule has 0 aromatic heterocycles. The van der Waals surface area contributed by atoms with Crippen molar-refractivity contribution in [3.63, 3.8) is 0 Å². The molecule has 0 spiro atoms. The van der Waals surface area contributed by atoms with Gasteiger partial charge in [-0.15, -0.1) is 0 Å². The van der Waals surface area contributed by atoms with E-state index in [9.17, 15) is 9.18 Å². The van der Waals surface area contributed by atoms with E-state index in [-0.39, 0.29) is 19.1 Å². The number of rotatable bonds is 5. The van der Waals surface area contributed by atoms with Gasteiger partial charge in [-0.2, -0.15) is 0 Å². The van der Waals surface area contributed by atoms with Gasteiger partial charge in [0.05, 0.1) is 6.61 Å². The molecule has 2 N–H and O–H groups in total. The molecule has 0 aliphatic heterocycles. The van der Waals surface area contributed by atoms with Gasteiger partial charge in [0.15, 0.2) is 6.61 Å². The smallest absolute Gasteiger partial charge is 0.262 e. The molecule has 1 amide bonds. The van der Waals surface area contributed by atoms with Crippen molar-refractivity contribution in [3.05, 3.63) is 59.4 Å². The summed E-state index contributed by atoms with van der Waals surface area (Å²) < 4.78 is 18.3. The van der Waals surface area contributed by atoms with E-state index in [0.717, 1.165) is 5.56 Å². The number of aryl methyl sites for hydroxylation is 1. The van der Waals surface area contributed by atoms with Crippen molar-refractivity contribution in [1.82, 2.24) is 0 Å². The maximum Gasteiger partial charge on any atom is 0.262 e. The Morgan fingerprint density at radius 2 is 2.05 bits per heavy atom. The number of anilines is 1. The largest absolute Gasteiger partial charge is 0.483 e. The third kappa shape index (κ3) is 4.03. The first kappa shape index (κ1) is 15.0. The van der Waals surface area contributed by atoms with Crippen molar-refractivity contribution in [3.8, 4) is 5.75 Å². The molecule has 5 heteroatoms. The highest BCUT2D eigenvalue weighted by Gasteiger charge is 2.08. The van der Waals surface area contributed by atoms with E-state index < -0.39 is 5.82 Å². The fraction of sp³-hybridized carbons (Fsp3) is 0.188. The molecule has 0 radical (unpaired) electrons. The molecule has 0 heterocycles. The molecule has 2 aromatic rings. The SMILES string of the molecule is Cc1ccccc1NC(=O)COc1ccc(F)cc1CO. The Balaban J connectivity index is 1.97. The lowest BCUT2D eigenvalue weighted by Gasteiger charge is -2.11. The summed E-state index contributed by atoms with van der Waals surface area (Å²) in [5.41, 5.74) is 1.97. The summed E-state index contributed by atoms with van der Waals surface area (Å²) in [6.07, 6.45) is 0. The zero-order valence-electron chi connectivity index (χ0n) is 11.6. The van der Waals surface area contributed by atoms with Crippen LogP contribution in [-0.4, -0.2) is 17.6 Å². The second kappa shape index (κ2) is 6.85. The van der Waals surface area contributed by atoms with Gasteiger partial charge in [0.2, 0.25) is 0 Å². The van der Waals surface area contributed by atoms with Gasteiger partial charge in [-0.25, -0.2) is 4.39 Å². The van der Waals surface area contributed by atoms with Crippen molar-refractivity contribution < 1.29 is 19.0 Å². The highest BCUT2D eigenvalue weighted by molar-refractivity contribution is 5.92. The highest BCUT2D eigenvalue weighted by atomic mass is 19.1. The Hall–Kier alpha value is -2.40. The number of carbonyl (C=O) groups excluding carboxylic acids is 1. The first-order valence-electron chi connectivity index (χ1n) is 6.47. The summed E-state index contributed by atoms with van der Waals surface area (Å²) in [7, 11) is 0. The minimum atomic E-state index is -0.462.